The van der Waals surface area contributed by atoms with Crippen LogP contribution < -0.4 is 5.32 Å². The van der Waals surface area contributed by atoms with Crippen LogP contribution in [0.4, 0.5) is 5.69 Å². The van der Waals surface area contributed by atoms with E-state index < -0.39 is 0 Å². The molecule has 0 aliphatic carbocycles. The van der Waals surface area contributed by atoms with Gasteiger partial charge in [-0.05, 0) is 19.9 Å². The second-order valence-electron chi connectivity index (χ2n) is 4.59. The number of nitriles is 1. The van der Waals surface area contributed by atoms with E-state index >= 15 is 0 Å². The monoisotopic (exact) mass is 257 g/mol. The Hall–Kier alpha value is -2.55. The van der Waals surface area contributed by atoms with Gasteiger partial charge in [-0.3, -0.25) is 9.48 Å². The first kappa shape index (κ1) is 12.9. The van der Waals surface area contributed by atoms with Crippen LogP contribution in [0.3, 0.4) is 0 Å². The van der Waals surface area contributed by atoms with E-state index in [-0.39, 0.29) is 11.9 Å². The number of hydrogen-bond donors (Lipinski definition) is 1. The molecule has 0 fully saturated rings. The Bertz CT molecular complexity index is 644. The fourth-order valence-electron chi connectivity index (χ4n) is 1.73. The molecule has 0 radical (unpaired) electrons. The molecule has 0 bridgehead atoms. The topological polar surface area (TPSA) is 75.6 Å². The maximum absolute atomic E-state index is 12.1. The summed E-state index contributed by atoms with van der Waals surface area (Å²) < 4.78 is 3.39. The van der Waals surface area contributed by atoms with Crippen molar-refractivity contribution in [1.82, 2.24) is 14.3 Å². The molecule has 0 unspecified atom stereocenters. The average molecular weight is 257 g/mol. The first-order chi connectivity index (χ1) is 9.01. The largest absolute Gasteiger partial charge is 0.345 e. The third-order valence-corrected chi connectivity index (χ3v) is 2.76. The lowest BCUT2D eigenvalue weighted by molar-refractivity contribution is 0.101. The Morgan fingerprint density at radius 2 is 2.21 bits per heavy atom. The predicted octanol–water partition coefficient (Wildman–Crippen LogP) is 1.93. The minimum absolute atomic E-state index is 0.242. The average Bonchev–Trinajstić information content (AvgIpc) is 2.95. The van der Waals surface area contributed by atoms with Crippen LogP contribution in [0.15, 0.2) is 24.7 Å². The van der Waals surface area contributed by atoms with Crippen molar-refractivity contribution < 1.29 is 4.79 Å². The third kappa shape index (κ3) is 2.65. The van der Waals surface area contributed by atoms with Gasteiger partial charge in [-0.1, -0.05) is 0 Å². The Morgan fingerprint density at radius 3 is 2.74 bits per heavy atom. The van der Waals surface area contributed by atoms with E-state index in [4.69, 9.17) is 5.26 Å². The minimum atomic E-state index is -0.257. The molecule has 98 valence electrons. The van der Waals surface area contributed by atoms with Crippen molar-refractivity contribution in [3.8, 4) is 6.07 Å². The molecule has 1 amide bonds. The Balaban J connectivity index is 2.16. The number of nitrogens with one attached hydrogen (secondary N) is 1. The van der Waals surface area contributed by atoms with E-state index in [1.54, 1.807) is 41.0 Å². The quantitative estimate of drug-likeness (QED) is 0.912. The number of carbonyl (C=O) groups is 1. The molecule has 1 N–H and O–H groups in total. The highest BCUT2D eigenvalue weighted by atomic mass is 16.1. The summed E-state index contributed by atoms with van der Waals surface area (Å²) >= 11 is 0. The van der Waals surface area contributed by atoms with E-state index in [9.17, 15) is 4.79 Å². The summed E-state index contributed by atoms with van der Waals surface area (Å²) in [4.78, 5) is 12.1. The first-order valence-corrected chi connectivity index (χ1v) is 5.93. The van der Waals surface area contributed by atoms with E-state index in [1.165, 1.54) is 0 Å². The van der Waals surface area contributed by atoms with Crippen LogP contribution in [0.1, 0.15) is 35.9 Å². The summed E-state index contributed by atoms with van der Waals surface area (Å²) in [6, 6.07) is 3.81. The van der Waals surface area contributed by atoms with Crippen molar-refractivity contribution in [2.24, 2.45) is 7.05 Å². The van der Waals surface area contributed by atoms with Gasteiger partial charge in [0.15, 0.2) is 0 Å². The Kier molecular flexibility index (Phi) is 3.38. The highest BCUT2D eigenvalue weighted by molar-refractivity contribution is 6.03. The summed E-state index contributed by atoms with van der Waals surface area (Å²) in [7, 11) is 1.73. The van der Waals surface area contributed by atoms with E-state index in [1.807, 2.05) is 19.9 Å². The zero-order valence-corrected chi connectivity index (χ0v) is 11.1. The Labute approximate surface area is 111 Å². The summed E-state index contributed by atoms with van der Waals surface area (Å²) in [6.07, 6.45) is 5.00. The molecule has 0 saturated carbocycles. The van der Waals surface area contributed by atoms with Gasteiger partial charge in [-0.2, -0.15) is 10.4 Å². The van der Waals surface area contributed by atoms with Crippen LogP contribution in [0, 0.1) is 11.3 Å². The molecule has 0 aliphatic heterocycles. The molecule has 6 heteroatoms. The predicted molar refractivity (Wildman–Crippen MR) is 70.7 cm³/mol. The molecule has 0 spiro atoms. The number of rotatable bonds is 3. The van der Waals surface area contributed by atoms with Gasteiger partial charge in [0.1, 0.15) is 11.8 Å². The lowest BCUT2D eigenvalue weighted by Crippen LogP contribution is -2.14. The third-order valence-electron chi connectivity index (χ3n) is 2.76. The number of nitrogens with zero attached hydrogens (tertiary/aromatic N) is 4. The van der Waals surface area contributed by atoms with Crippen molar-refractivity contribution in [3.63, 3.8) is 0 Å². The molecule has 2 aromatic rings. The van der Waals surface area contributed by atoms with E-state index in [0.29, 0.717) is 16.9 Å². The maximum atomic E-state index is 12.1. The first-order valence-electron chi connectivity index (χ1n) is 5.93. The molecule has 2 aromatic heterocycles. The highest BCUT2D eigenvalue weighted by Crippen LogP contribution is 2.13. The smallest absolute Gasteiger partial charge is 0.272 e. The van der Waals surface area contributed by atoms with Crippen molar-refractivity contribution in [1.29, 1.82) is 5.26 Å². The van der Waals surface area contributed by atoms with E-state index in [2.05, 4.69) is 10.4 Å². The molecule has 2 rings (SSSR count). The van der Waals surface area contributed by atoms with Gasteiger partial charge in [0.25, 0.3) is 5.91 Å². The lowest BCUT2D eigenvalue weighted by atomic mass is 10.3. The van der Waals surface area contributed by atoms with Crippen molar-refractivity contribution in [2.45, 2.75) is 19.9 Å². The summed E-state index contributed by atoms with van der Waals surface area (Å²) in [5.41, 5.74) is 1.54. The molecule has 0 saturated heterocycles. The second-order valence-corrected chi connectivity index (χ2v) is 4.59. The van der Waals surface area contributed by atoms with Crippen LogP contribution in [0.2, 0.25) is 0 Å². The zero-order valence-electron chi connectivity index (χ0n) is 11.1. The minimum Gasteiger partial charge on any atom is -0.345 e. The SMILES string of the molecule is CC(C)n1cc(NC(=O)c2cc(C#N)cn2C)cn1. The van der Waals surface area contributed by atoms with Gasteiger partial charge in [0.2, 0.25) is 0 Å². The van der Waals surface area contributed by atoms with Crippen LogP contribution in [-0.2, 0) is 7.05 Å². The van der Waals surface area contributed by atoms with Gasteiger partial charge in [-0.25, -0.2) is 0 Å². The van der Waals surface area contributed by atoms with Crippen molar-refractivity contribution in [2.75, 3.05) is 5.32 Å². The van der Waals surface area contributed by atoms with Crippen LogP contribution in [0.25, 0.3) is 0 Å². The standard InChI is InChI=1S/C13H15N5O/c1-9(2)18-8-11(6-15-18)16-13(19)12-4-10(5-14)7-17(12)3/h4,6-9H,1-3H3,(H,16,19). The lowest BCUT2D eigenvalue weighted by Gasteiger charge is -2.04. The molecule has 6 nitrogen and oxygen atoms in total. The summed E-state index contributed by atoms with van der Waals surface area (Å²) in [5, 5.41) is 15.7. The Morgan fingerprint density at radius 1 is 1.47 bits per heavy atom. The number of aryl methyl sites for hydroxylation is 1. The molecular formula is C13H15N5O. The van der Waals surface area contributed by atoms with Gasteiger partial charge in [-0.15, -0.1) is 0 Å². The zero-order chi connectivity index (χ0) is 14.0. The van der Waals surface area contributed by atoms with Crippen molar-refractivity contribution >= 4 is 11.6 Å². The summed E-state index contributed by atoms with van der Waals surface area (Å²) in [6.45, 7) is 4.02. The number of aromatic nitrogens is 3. The van der Waals surface area contributed by atoms with Gasteiger partial charge >= 0.3 is 0 Å². The summed E-state index contributed by atoms with van der Waals surface area (Å²) in [5.74, 6) is -0.257. The second kappa shape index (κ2) is 4.98. The van der Waals surface area contributed by atoms with Crippen LogP contribution in [0.5, 0.6) is 0 Å². The molecule has 2 heterocycles. The van der Waals surface area contributed by atoms with Gasteiger partial charge in [0, 0.05) is 25.5 Å². The number of hydrogen-bond acceptors (Lipinski definition) is 3. The molecule has 0 atom stereocenters. The maximum Gasteiger partial charge on any atom is 0.272 e. The van der Waals surface area contributed by atoms with Gasteiger partial charge < -0.3 is 9.88 Å². The van der Waals surface area contributed by atoms with Crippen LogP contribution >= 0.6 is 0 Å². The van der Waals surface area contributed by atoms with E-state index in [0.717, 1.165) is 0 Å². The molecule has 0 aromatic carbocycles. The highest BCUT2D eigenvalue weighted by Gasteiger charge is 2.13. The normalized spacial score (nSPS) is 10.5. The fraction of sp³-hybridized carbons (Fsp3) is 0.308. The molecule has 19 heavy (non-hydrogen) atoms. The van der Waals surface area contributed by atoms with Crippen molar-refractivity contribution in [3.05, 3.63) is 35.9 Å². The number of carbonyl (C=O) groups excluding carboxylic acids is 1. The van der Waals surface area contributed by atoms with Gasteiger partial charge in [0.05, 0.1) is 17.4 Å². The molecular weight excluding hydrogens is 242 g/mol. The molecule has 0 aliphatic rings. The fourth-order valence-corrected chi connectivity index (χ4v) is 1.73. The number of amides is 1. The van der Waals surface area contributed by atoms with Crippen LogP contribution in [-0.4, -0.2) is 20.3 Å². The number of anilines is 1.